The van der Waals surface area contributed by atoms with Crippen LogP contribution in [0.3, 0.4) is 0 Å². The number of carbonyl (C=O) groups is 3. The largest absolute Gasteiger partial charge is 0.494 e. The minimum atomic E-state index is -0.811. The predicted molar refractivity (Wildman–Crippen MR) is 148 cm³/mol. The summed E-state index contributed by atoms with van der Waals surface area (Å²) in [5, 5.41) is 9.16. The quantitative estimate of drug-likeness (QED) is 0.404. The van der Waals surface area contributed by atoms with E-state index >= 15 is 0 Å². The third-order valence-corrected chi connectivity index (χ3v) is 9.82. The summed E-state index contributed by atoms with van der Waals surface area (Å²) in [6, 6.07) is 6.79. The smallest absolute Gasteiger partial charge is 0.247 e. The molecule has 0 aromatic heterocycles. The lowest BCUT2D eigenvalue weighted by atomic mass is 9.78. The number of ether oxygens (including phenoxy) is 1. The van der Waals surface area contributed by atoms with Crippen LogP contribution >= 0.6 is 11.8 Å². The van der Waals surface area contributed by atoms with Crippen LogP contribution in [-0.4, -0.2) is 87.6 Å². The van der Waals surface area contributed by atoms with Crippen molar-refractivity contribution in [3.63, 3.8) is 0 Å². The average Bonchev–Trinajstić information content (AvgIpc) is 3.20. The van der Waals surface area contributed by atoms with E-state index in [0.717, 1.165) is 11.4 Å². The maximum atomic E-state index is 14.2. The van der Waals surface area contributed by atoms with Gasteiger partial charge in [-0.2, -0.15) is 0 Å². The fourth-order valence-corrected chi connectivity index (χ4v) is 8.38. The van der Waals surface area contributed by atoms with Gasteiger partial charge in [-0.1, -0.05) is 24.3 Å². The highest BCUT2D eigenvalue weighted by Crippen LogP contribution is 2.61. The first-order valence-electron chi connectivity index (χ1n) is 13.6. The number of unbranched alkanes of at least 4 members (excludes halogenated alkanes) is 1. The molecule has 0 radical (unpaired) electrons. The van der Waals surface area contributed by atoms with E-state index in [-0.39, 0.29) is 35.6 Å². The first-order chi connectivity index (χ1) is 18.3. The Bertz CT molecular complexity index is 1140. The van der Waals surface area contributed by atoms with E-state index in [1.165, 1.54) is 0 Å². The van der Waals surface area contributed by atoms with Crippen LogP contribution in [0.4, 0.5) is 5.69 Å². The molecule has 1 N–H and O–H groups in total. The number of anilines is 1. The number of fused-ring (bicyclic) bond motifs is 2. The molecule has 4 heterocycles. The fraction of sp³-hybridized carbons (Fsp3) is 0.552. The van der Waals surface area contributed by atoms with Crippen molar-refractivity contribution in [2.24, 2.45) is 11.8 Å². The lowest BCUT2D eigenvalue weighted by molar-refractivity contribution is -0.143. The molecular formula is C29H37N3O5S. The van der Waals surface area contributed by atoms with Crippen molar-refractivity contribution < 1.29 is 24.2 Å². The third kappa shape index (κ3) is 4.33. The van der Waals surface area contributed by atoms with Gasteiger partial charge < -0.3 is 24.5 Å². The van der Waals surface area contributed by atoms with Crippen molar-refractivity contribution in [1.82, 2.24) is 9.80 Å². The predicted octanol–water partition coefficient (Wildman–Crippen LogP) is 2.86. The average molecular weight is 540 g/mol. The van der Waals surface area contributed by atoms with Gasteiger partial charge in [0.15, 0.2) is 0 Å². The number of thioether (sulfide) groups is 1. The van der Waals surface area contributed by atoms with E-state index in [1.54, 1.807) is 21.6 Å². The Morgan fingerprint density at radius 2 is 1.82 bits per heavy atom. The Hall–Kier alpha value is -2.78. The number of carbonyl (C=O) groups excluding carboxylic acids is 3. The summed E-state index contributed by atoms with van der Waals surface area (Å²) >= 11 is 1.60. The zero-order valence-electron chi connectivity index (χ0n) is 22.3. The third-order valence-electron chi connectivity index (χ3n) is 8.08. The van der Waals surface area contributed by atoms with E-state index < -0.39 is 22.6 Å². The minimum absolute atomic E-state index is 0.00990. The highest BCUT2D eigenvalue weighted by Gasteiger charge is 2.71. The van der Waals surface area contributed by atoms with Gasteiger partial charge in [-0.3, -0.25) is 14.4 Å². The molecule has 8 nitrogen and oxygen atoms in total. The van der Waals surface area contributed by atoms with Crippen LogP contribution in [0.25, 0.3) is 0 Å². The molecule has 2 saturated heterocycles. The van der Waals surface area contributed by atoms with Crippen LogP contribution in [-0.2, 0) is 14.4 Å². The van der Waals surface area contributed by atoms with Gasteiger partial charge in [0.1, 0.15) is 11.8 Å². The Morgan fingerprint density at radius 1 is 1.05 bits per heavy atom. The monoisotopic (exact) mass is 539 g/mol. The standard InChI is InChI=1S/C29H37N3O5S/c1-4-37-21-12-10-20(11-13-21)31-16-7-9-22-23(26(31)34)24-27(35)32(15-5-6-18-33)25-28(36)30(19(2)3)17-8-14-29(24,25)38-22/h7-14,19,22-25,33H,4-6,15-18H2,1-3H3/t22-,23+,24+,25?,29+/m1/s1. The summed E-state index contributed by atoms with van der Waals surface area (Å²) in [5.74, 6) is -0.754. The number of hydrogen-bond donors (Lipinski definition) is 1. The van der Waals surface area contributed by atoms with Crippen molar-refractivity contribution in [1.29, 1.82) is 0 Å². The first kappa shape index (κ1) is 26.8. The topological polar surface area (TPSA) is 90.4 Å². The molecule has 2 fully saturated rings. The molecule has 0 aliphatic carbocycles. The van der Waals surface area contributed by atoms with Crippen LogP contribution in [0.5, 0.6) is 5.75 Å². The SMILES string of the molecule is CCOc1ccc(N2CC=C[C@H]3S[C@]45C=CCN(C(C)C)C(=O)C4N(CCCCO)C(=O)[C@@H]5[C@H]3C2=O)cc1. The van der Waals surface area contributed by atoms with Crippen molar-refractivity contribution >= 4 is 35.2 Å². The number of aliphatic hydroxyl groups is 1. The van der Waals surface area contributed by atoms with E-state index in [1.807, 2.05) is 68.2 Å². The first-order valence-corrected chi connectivity index (χ1v) is 14.5. The maximum Gasteiger partial charge on any atom is 0.247 e. The summed E-state index contributed by atoms with van der Waals surface area (Å²) in [5.41, 5.74) is 0.759. The molecule has 1 aromatic carbocycles. The van der Waals surface area contributed by atoms with Gasteiger partial charge in [0.25, 0.3) is 0 Å². The number of rotatable bonds is 8. The zero-order valence-corrected chi connectivity index (χ0v) is 23.1. The van der Waals surface area contributed by atoms with E-state index in [0.29, 0.717) is 39.1 Å². The Kier molecular flexibility index (Phi) is 7.60. The number of nitrogens with zero attached hydrogens (tertiary/aromatic N) is 3. The number of amides is 3. The van der Waals surface area contributed by atoms with E-state index in [4.69, 9.17) is 4.74 Å². The summed E-state index contributed by atoms with van der Waals surface area (Å²) < 4.78 is 4.76. The maximum absolute atomic E-state index is 14.2. The minimum Gasteiger partial charge on any atom is -0.494 e. The molecule has 38 heavy (non-hydrogen) atoms. The Balaban J connectivity index is 1.53. The van der Waals surface area contributed by atoms with Crippen molar-refractivity contribution in [2.75, 3.05) is 37.7 Å². The van der Waals surface area contributed by atoms with Gasteiger partial charge in [-0.05, 0) is 57.9 Å². The van der Waals surface area contributed by atoms with E-state index in [2.05, 4.69) is 6.08 Å². The second-order valence-electron chi connectivity index (χ2n) is 10.6. The molecule has 5 rings (SSSR count). The molecule has 4 aliphatic rings. The van der Waals surface area contributed by atoms with Crippen LogP contribution in [0.2, 0.25) is 0 Å². The van der Waals surface area contributed by atoms with Crippen LogP contribution in [0.15, 0.2) is 48.6 Å². The van der Waals surface area contributed by atoms with Gasteiger partial charge in [-0.15, -0.1) is 11.8 Å². The number of likely N-dealkylation sites (tertiary alicyclic amines) is 1. The molecule has 3 amide bonds. The molecule has 204 valence electrons. The highest BCUT2D eigenvalue weighted by atomic mass is 32.2. The summed E-state index contributed by atoms with van der Waals surface area (Å²) in [6.45, 7) is 7.80. The summed E-state index contributed by atoms with van der Waals surface area (Å²) in [4.78, 5) is 47.7. The number of aliphatic hydroxyl groups excluding tert-OH is 1. The zero-order chi connectivity index (χ0) is 27.0. The number of benzene rings is 1. The second kappa shape index (κ2) is 10.8. The fourth-order valence-electron chi connectivity index (χ4n) is 6.37. The lowest BCUT2D eigenvalue weighted by Gasteiger charge is -2.36. The van der Waals surface area contributed by atoms with Crippen LogP contribution in [0.1, 0.15) is 33.6 Å². The molecule has 1 aromatic rings. The normalized spacial score (nSPS) is 30.4. The molecule has 9 heteroatoms. The molecule has 5 atom stereocenters. The molecule has 1 spiro atoms. The van der Waals surface area contributed by atoms with Gasteiger partial charge in [0, 0.05) is 43.2 Å². The number of hydrogen-bond acceptors (Lipinski definition) is 6. The molecule has 0 bridgehead atoms. The van der Waals surface area contributed by atoms with Gasteiger partial charge in [0.2, 0.25) is 17.7 Å². The van der Waals surface area contributed by atoms with Crippen molar-refractivity contribution in [2.45, 2.75) is 55.7 Å². The molecule has 4 aliphatic heterocycles. The van der Waals surface area contributed by atoms with Gasteiger partial charge >= 0.3 is 0 Å². The second-order valence-corrected chi connectivity index (χ2v) is 12.1. The van der Waals surface area contributed by atoms with Crippen LogP contribution in [0, 0.1) is 11.8 Å². The highest BCUT2D eigenvalue weighted by molar-refractivity contribution is 8.02. The van der Waals surface area contributed by atoms with Gasteiger partial charge in [0.05, 0.1) is 23.2 Å². The molecule has 0 saturated carbocycles. The van der Waals surface area contributed by atoms with Gasteiger partial charge in [-0.25, -0.2) is 0 Å². The summed E-state index contributed by atoms with van der Waals surface area (Å²) in [6.07, 6.45) is 9.27. The van der Waals surface area contributed by atoms with Crippen molar-refractivity contribution in [3.8, 4) is 5.75 Å². The Morgan fingerprint density at radius 3 is 2.50 bits per heavy atom. The van der Waals surface area contributed by atoms with Crippen LogP contribution < -0.4 is 9.64 Å². The lowest BCUT2D eigenvalue weighted by Crippen LogP contribution is -2.54. The van der Waals surface area contributed by atoms with Crippen molar-refractivity contribution in [3.05, 3.63) is 48.6 Å². The Labute approximate surface area is 228 Å². The molecule has 1 unspecified atom stereocenters. The van der Waals surface area contributed by atoms with E-state index in [9.17, 15) is 19.5 Å². The summed E-state index contributed by atoms with van der Waals surface area (Å²) in [7, 11) is 0. The molecular weight excluding hydrogens is 502 g/mol.